The predicted octanol–water partition coefficient (Wildman–Crippen LogP) is 1.68. The first-order valence-corrected chi connectivity index (χ1v) is 8.21. The van der Waals surface area contributed by atoms with Gasteiger partial charge in [-0.1, -0.05) is 0 Å². The molecule has 1 fully saturated rings. The van der Waals surface area contributed by atoms with Crippen LogP contribution in [0.2, 0.25) is 0 Å². The molecule has 1 aliphatic carbocycles. The summed E-state index contributed by atoms with van der Waals surface area (Å²) in [6, 6.07) is 6.69. The van der Waals surface area contributed by atoms with Crippen LogP contribution in [0.15, 0.2) is 24.3 Å². The fourth-order valence-corrected chi connectivity index (χ4v) is 2.49. The van der Waals surface area contributed by atoms with Crippen LogP contribution < -0.4 is 10.6 Å². The van der Waals surface area contributed by atoms with E-state index in [-0.39, 0.29) is 17.6 Å². The van der Waals surface area contributed by atoms with E-state index in [0.29, 0.717) is 30.6 Å². The molecule has 6 nitrogen and oxygen atoms in total. The van der Waals surface area contributed by atoms with Crippen LogP contribution >= 0.6 is 0 Å². The topological polar surface area (TPSA) is 78.5 Å². The number of anilines is 1. The summed E-state index contributed by atoms with van der Waals surface area (Å²) in [6.45, 7) is 2.95. The Labute approximate surface area is 142 Å². The Kier molecular flexibility index (Phi) is 5.72. The smallest absolute Gasteiger partial charge is 0.240 e. The fourth-order valence-electron chi connectivity index (χ4n) is 2.49. The molecule has 2 amide bonds. The Morgan fingerprint density at radius 3 is 2.21 bits per heavy atom. The normalized spacial score (nSPS) is 15.0. The van der Waals surface area contributed by atoms with Gasteiger partial charge in [-0.15, -0.1) is 0 Å². The van der Waals surface area contributed by atoms with Crippen LogP contribution in [0.25, 0.3) is 0 Å². The van der Waals surface area contributed by atoms with Crippen LogP contribution in [-0.4, -0.2) is 49.7 Å². The van der Waals surface area contributed by atoms with E-state index in [1.54, 1.807) is 24.3 Å². The van der Waals surface area contributed by atoms with E-state index in [1.165, 1.54) is 6.92 Å². The lowest BCUT2D eigenvalue weighted by molar-refractivity contribution is -0.134. The van der Waals surface area contributed by atoms with E-state index in [1.807, 2.05) is 14.1 Å². The molecular formula is C18H25N3O3. The maximum Gasteiger partial charge on any atom is 0.240 e. The number of carbonyl (C=O) groups excluding carboxylic acids is 3. The van der Waals surface area contributed by atoms with Gasteiger partial charge in [0.25, 0.3) is 0 Å². The molecule has 0 atom stereocenters. The van der Waals surface area contributed by atoms with Crippen LogP contribution in [0.1, 0.15) is 36.5 Å². The SMILES string of the molecule is CC(=O)c1ccc(NC(=O)C2(C(=O)NCCCN(C)C)CC2)cc1. The molecule has 0 spiro atoms. The largest absolute Gasteiger partial charge is 0.355 e. The van der Waals surface area contributed by atoms with Crippen LogP contribution in [0.3, 0.4) is 0 Å². The monoisotopic (exact) mass is 331 g/mol. The average Bonchev–Trinajstić information content (AvgIpc) is 3.33. The molecule has 0 aliphatic heterocycles. The number of hydrogen-bond donors (Lipinski definition) is 2. The van der Waals surface area contributed by atoms with E-state index < -0.39 is 5.41 Å². The molecule has 130 valence electrons. The first kappa shape index (κ1) is 18.1. The van der Waals surface area contributed by atoms with Gasteiger partial charge in [0.05, 0.1) is 0 Å². The summed E-state index contributed by atoms with van der Waals surface area (Å²) < 4.78 is 0. The summed E-state index contributed by atoms with van der Waals surface area (Å²) in [5.74, 6) is -0.495. The Bertz CT molecular complexity index is 619. The van der Waals surface area contributed by atoms with Gasteiger partial charge in [0, 0.05) is 17.8 Å². The van der Waals surface area contributed by atoms with E-state index in [9.17, 15) is 14.4 Å². The van der Waals surface area contributed by atoms with E-state index in [4.69, 9.17) is 0 Å². The minimum atomic E-state index is -0.933. The molecule has 2 rings (SSSR count). The maximum atomic E-state index is 12.5. The summed E-state index contributed by atoms with van der Waals surface area (Å²) in [5, 5.41) is 5.64. The summed E-state index contributed by atoms with van der Waals surface area (Å²) >= 11 is 0. The van der Waals surface area contributed by atoms with Crippen molar-refractivity contribution in [3.8, 4) is 0 Å². The standard InChI is InChI=1S/C18H25N3O3/c1-13(22)14-5-7-15(8-6-14)20-17(24)18(9-10-18)16(23)19-11-4-12-21(2)3/h5-8H,4,9-12H2,1-3H3,(H,19,23)(H,20,24). The highest BCUT2D eigenvalue weighted by Gasteiger charge is 2.56. The van der Waals surface area contributed by atoms with Gasteiger partial charge in [-0.3, -0.25) is 14.4 Å². The predicted molar refractivity (Wildman–Crippen MR) is 92.9 cm³/mol. The first-order chi connectivity index (χ1) is 11.3. The molecule has 2 N–H and O–H groups in total. The Morgan fingerprint density at radius 2 is 1.71 bits per heavy atom. The number of nitrogens with zero attached hydrogens (tertiary/aromatic N) is 1. The van der Waals surface area contributed by atoms with Crippen LogP contribution in [0, 0.1) is 5.41 Å². The van der Waals surface area contributed by atoms with E-state index in [0.717, 1.165) is 13.0 Å². The van der Waals surface area contributed by atoms with Crippen molar-refractivity contribution in [3.05, 3.63) is 29.8 Å². The number of nitrogens with one attached hydrogen (secondary N) is 2. The number of amides is 2. The Morgan fingerprint density at radius 1 is 1.08 bits per heavy atom. The van der Waals surface area contributed by atoms with Crippen molar-refractivity contribution in [2.75, 3.05) is 32.5 Å². The first-order valence-electron chi connectivity index (χ1n) is 8.21. The van der Waals surface area contributed by atoms with Gasteiger partial charge in [-0.25, -0.2) is 0 Å². The molecule has 24 heavy (non-hydrogen) atoms. The number of carbonyl (C=O) groups is 3. The second kappa shape index (κ2) is 7.57. The molecule has 0 aromatic heterocycles. The third-order valence-electron chi connectivity index (χ3n) is 4.24. The number of benzene rings is 1. The van der Waals surface area contributed by atoms with Crippen LogP contribution in [0.4, 0.5) is 5.69 Å². The highest BCUT2D eigenvalue weighted by Crippen LogP contribution is 2.46. The van der Waals surface area contributed by atoms with Crippen molar-refractivity contribution >= 4 is 23.3 Å². The summed E-state index contributed by atoms with van der Waals surface area (Å²) in [6.07, 6.45) is 2.00. The second-order valence-corrected chi connectivity index (χ2v) is 6.58. The molecule has 0 heterocycles. The molecule has 0 bridgehead atoms. The zero-order valence-electron chi connectivity index (χ0n) is 14.5. The number of ketones is 1. The average molecular weight is 331 g/mol. The van der Waals surface area contributed by atoms with E-state index >= 15 is 0 Å². The number of hydrogen-bond acceptors (Lipinski definition) is 4. The van der Waals surface area contributed by atoms with Crippen molar-refractivity contribution in [1.29, 1.82) is 0 Å². The van der Waals surface area contributed by atoms with Crippen molar-refractivity contribution < 1.29 is 14.4 Å². The van der Waals surface area contributed by atoms with Gasteiger partial charge in [-0.05, 0) is 71.1 Å². The van der Waals surface area contributed by atoms with Gasteiger partial charge in [0.1, 0.15) is 5.41 Å². The van der Waals surface area contributed by atoms with E-state index in [2.05, 4.69) is 15.5 Å². The fraction of sp³-hybridized carbons (Fsp3) is 0.500. The molecule has 0 unspecified atom stereocenters. The van der Waals surface area contributed by atoms with Gasteiger partial charge in [0.15, 0.2) is 5.78 Å². The molecule has 0 radical (unpaired) electrons. The molecular weight excluding hydrogens is 306 g/mol. The van der Waals surface area contributed by atoms with Gasteiger partial charge < -0.3 is 15.5 Å². The van der Waals surface area contributed by atoms with Crippen molar-refractivity contribution in [2.24, 2.45) is 5.41 Å². The Balaban J connectivity index is 1.88. The lowest BCUT2D eigenvalue weighted by atomic mass is 10.0. The molecule has 1 aromatic carbocycles. The van der Waals surface area contributed by atoms with Crippen LogP contribution in [0.5, 0.6) is 0 Å². The number of Topliss-reactive ketones (excluding diaryl/α,β-unsaturated/α-hetero) is 1. The highest BCUT2D eigenvalue weighted by atomic mass is 16.2. The van der Waals surface area contributed by atoms with Gasteiger partial charge >= 0.3 is 0 Å². The van der Waals surface area contributed by atoms with Crippen molar-refractivity contribution in [2.45, 2.75) is 26.2 Å². The third-order valence-corrected chi connectivity index (χ3v) is 4.24. The molecule has 1 aliphatic rings. The van der Waals surface area contributed by atoms with Gasteiger partial charge in [0.2, 0.25) is 11.8 Å². The zero-order chi connectivity index (χ0) is 17.7. The lowest BCUT2D eigenvalue weighted by Gasteiger charge is -2.16. The second-order valence-electron chi connectivity index (χ2n) is 6.58. The molecule has 6 heteroatoms. The van der Waals surface area contributed by atoms with Crippen LogP contribution in [-0.2, 0) is 9.59 Å². The zero-order valence-corrected chi connectivity index (χ0v) is 14.5. The number of rotatable bonds is 8. The van der Waals surface area contributed by atoms with Gasteiger partial charge in [-0.2, -0.15) is 0 Å². The minimum Gasteiger partial charge on any atom is -0.355 e. The summed E-state index contributed by atoms with van der Waals surface area (Å²) in [4.78, 5) is 38.1. The minimum absolute atomic E-state index is 0.0244. The highest BCUT2D eigenvalue weighted by molar-refractivity contribution is 6.13. The third kappa shape index (κ3) is 4.41. The Hall–Kier alpha value is -2.21. The molecule has 0 saturated heterocycles. The quantitative estimate of drug-likeness (QED) is 0.431. The summed E-state index contributed by atoms with van der Waals surface area (Å²) in [5.41, 5.74) is 0.252. The molecule has 1 saturated carbocycles. The summed E-state index contributed by atoms with van der Waals surface area (Å²) in [7, 11) is 3.96. The van der Waals surface area contributed by atoms with Crippen molar-refractivity contribution in [3.63, 3.8) is 0 Å². The van der Waals surface area contributed by atoms with Crippen molar-refractivity contribution in [1.82, 2.24) is 10.2 Å². The lowest BCUT2D eigenvalue weighted by Crippen LogP contribution is -2.40. The maximum absolute atomic E-state index is 12.5. The molecule has 1 aromatic rings.